The maximum atomic E-state index is 13.0. The minimum absolute atomic E-state index is 0.0376. The summed E-state index contributed by atoms with van der Waals surface area (Å²) in [6.45, 7) is 8.45. The maximum absolute atomic E-state index is 13.0. The molecule has 1 saturated heterocycles. The molecule has 0 spiro atoms. The number of benzene rings is 1. The van der Waals surface area contributed by atoms with E-state index in [1.54, 1.807) is 27.7 Å². The molecule has 9 heteroatoms. The summed E-state index contributed by atoms with van der Waals surface area (Å²) in [5.41, 5.74) is -1.18. The van der Waals surface area contributed by atoms with E-state index < -0.39 is 33.4 Å². The van der Waals surface area contributed by atoms with Gasteiger partial charge in [0.15, 0.2) is 0 Å². The van der Waals surface area contributed by atoms with Crippen molar-refractivity contribution in [2.24, 2.45) is 0 Å². The Kier molecular flexibility index (Phi) is 3.19. The topological polar surface area (TPSA) is 18.5 Å². The smallest absolute Gasteiger partial charge is 0.399 e. The molecule has 22 heavy (non-hydrogen) atoms. The van der Waals surface area contributed by atoms with Crippen molar-refractivity contribution in [3.63, 3.8) is 0 Å². The van der Waals surface area contributed by atoms with Crippen molar-refractivity contribution in [2.45, 2.75) is 50.7 Å². The molecule has 0 unspecified atom stereocenters. The van der Waals surface area contributed by atoms with Crippen LogP contribution in [0.25, 0.3) is 0 Å². The van der Waals surface area contributed by atoms with Crippen molar-refractivity contribution >= 4 is 22.8 Å². The third-order valence-electron chi connectivity index (χ3n) is 4.20. The van der Waals surface area contributed by atoms with Gasteiger partial charge in [-0.2, -0.15) is 0 Å². The van der Waals surface area contributed by atoms with Crippen molar-refractivity contribution in [2.75, 3.05) is 0 Å². The van der Waals surface area contributed by atoms with Crippen LogP contribution in [0.4, 0.5) is 19.4 Å². The van der Waals surface area contributed by atoms with Gasteiger partial charge in [0.05, 0.1) is 11.2 Å². The molecule has 0 amide bonds. The van der Waals surface area contributed by atoms with Gasteiger partial charge in [0.1, 0.15) is 4.90 Å². The van der Waals surface area contributed by atoms with Crippen molar-refractivity contribution in [3.05, 3.63) is 23.8 Å². The van der Waals surface area contributed by atoms with Gasteiger partial charge in [-0.25, -0.2) is 0 Å². The lowest BCUT2D eigenvalue weighted by Crippen LogP contribution is -2.41. The molecule has 126 valence electrons. The summed E-state index contributed by atoms with van der Waals surface area (Å²) < 4.78 is 76.1. The van der Waals surface area contributed by atoms with Crippen LogP contribution in [-0.2, 0) is 9.31 Å². The Hall–Kier alpha value is -0.795. The summed E-state index contributed by atoms with van der Waals surface area (Å²) in [6.07, 6.45) is 0. The third kappa shape index (κ3) is 3.11. The van der Waals surface area contributed by atoms with Crippen LogP contribution in [0.15, 0.2) is 23.1 Å². The molecule has 2 rings (SSSR count). The van der Waals surface area contributed by atoms with Gasteiger partial charge in [0.2, 0.25) is 0 Å². The van der Waals surface area contributed by atoms with Crippen LogP contribution in [0.5, 0.6) is 0 Å². The van der Waals surface area contributed by atoms with Gasteiger partial charge in [-0.05, 0) is 52.2 Å². The first-order valence-electron chi connectivity index (χ1n) is 6.63. The lowest BCUT2D eigenvalue weighted by atomic mass is 9.76. The standard InChI is InChI=1S/C13H18BF5O2S/c1-9-6-7-10(22(15,16,17,18)19)8-11(9)14-20-12(2,3)13(4,5)21-14/h6-8H,1-5H3. The monoisotopic (exact) mass is 344 g/mol. The molecule has 1 aromatic rings. The van der Waals surface area contributed by atoms with Gasteiger partial charge < -0.3 is 9.31 Å². The van der Waals surface area contributed by atoms with Gasteiger partial charge >= 0.3 is 17.3 Å². The average molecular weight is 344 g/mol. The van der Waals surface area contributed by atoms with Crippen LogP contribution in [-0.4, -0.2) is 18.3 Å². The molecule has 0 radical (unpaired) electrons. The first kappa shape index (κ1) is 17.6. The predicted octanol–water partition coefficient (Wildman–Crippen LogP) is 4.95. The van der Waals surface area contributed by atoms with Crippen molar-refractivity contribution in [3.8, 4) is 0 Å². The molecule has 1 fully saturated rings. The molecular weight excluding hydrogens is 326 g/mol. The summed E-state index contributed by atoms with van der Waals surface area (Å²) in [5.74, 6) is 0. The number of rotatable bonds is 2. The molecule has 0 bridgehead atoms. The first-order valence-corrected chi connectivity index (χ1v) is 8.58. The molecule has 1 aliphatic rings. The Morgan fingerprint density at radius 3 is 1.77 bits per heavy atom. The summed E-state index contributed by atoms with van der Waals surface area (Å²) in [5, 5.41) is 0. The maximum Gasteiger partial charge on any atom is 0.495 e. The van der Waals surface area contributed by atoms with Gasteiger partial charge in [0, 0.05) is 0 Å². The molecule has 0 atom stereocenters. The van der Waals surface area contributed by atoms with Crippen molar-refractivity contribution in [1.29, 1.82) is 0 Å². The SMILES string of the molecule is Cc1ccc(S(F)(F)(F)(F)F)cc1B1OC(C)(C)C(C)(C)O1. The predicted molar refractivity (Wildman–Crippen MR) is 78.3 cm³/mol. The molecule has 0 saturated carbocycles. The molecule has 1 heterocycles. The normalized spacial score (nSPS) is 24.0. The molecule has 1 aromatic carbocycles. The van der Waals surface area contributed by atoms with E-state index in [0.29, 0.717) is 17.7 Å². The highest BCUT2D eigenvalue weighted by Gasteiger charge is 2.65. The Labute approximate surface area is 126 Å². The Morgan fingerprint density at radius 1 is 0.909 bits per heavy atom. The quantitative estimate of drug-likeness (QED) is 0.558. The van der Waals surface area contributed by atoms with Gasteiger partial charge in [-0.15, -0.1) is 0 Å². The molecule has 0 N–H and O–H groups in total. The van der Waals surface area contributed by atoms with Crippen LogP contribution in [0.2, 0.25) is 0 Å². The van der Waals surface area contributed by atoms with Gasteiger partial charge in [0.25, 0.3) is 0 Å². The van der Waals surface area contributed by atoms with E-state index in [0.717, 1.165) is 6.07 Å². The second-order valence-electron chi connectivity index (χ2n) is 6.58. The summed E-state index contributed by atoms with van der Waals surface area (Å²) in [6, 6.07) is 1.83. The molecule has 1 aliphatic heterocycles. The highest BCUT2D eigenvalue weighted by molar-refractivity contribution is 8.45. The highest BCUT2D eigenvalue weighted by Crippen LogP contribution is 3.02. The summed E-state index contributed by atoms with van der Waals surface area (Å²) in [4.78, 5) is -1.93. The molecule has 0 aromatic heterocycles. The number of hydrogen-bond donors (Lipinski definition) is 0. The fourth-order valence-electron chi connectivity index (χ4n) is 2.08. The largest absolute Gasteiger partial charge is 0.495 e. The van der Waals surface area contributed by atoms with E-state index in [2.05, 4.69) is 0 Å². The third-order valence-corrected chi connectivity index (χ3v) is 5.35. The molecule has 2 nitrogen and oxygen atoms in total. The number of halogens is 5. The van der Waals surface area contributed by atoms with Crippen LogP contribution in [0.3, 0.4) is 0 Å². The Bertz CT molecular complexity index is 611. The van der Waals surface area contributed by atoms with E-state index in [9.17, 15) is 19.4 Å². The summed E-state index contributed by atoms with van der Waals surface area (Å²) >= 11 is 0. The van der Waals surface area contributed by atoms with Crippen molar-refractivity contribution in [1.82, 2.24) is 0 Å². The lowest BCUT2D eigenvalue weighted by Gasteiger charge is -2.40. The Morgan fingerprint density at radius 2 is 1.36 bits per heavy atom. The van der Waals surface area contributed by atoms with Crippen LogP contribution < -0.4 is 5.46 Å². The Balaban J connectivity index is 2.52. The van der Waals surface area contributed by atoms with Gasteiger partial charge in [-0.3, -0.25) is 0 Å². The highest BCUT2D eigenvalue weighted by atomic mass is 32.5. The van der Waals surface area contributed by atoms with Crippen LogP contribution in [0, 0.1) is 6.92 Å². The van der Waals surface area contributed by atoms with E-state index in [-0.39, 0.29) is 5.46 Å². The zero-order chi connectivity index (χ0) is 17.3. The number of aryl methyl sites for hydroxylation is 1. The second-order valence-corrected chi connectivity index (χ2v) is 8.98. The van der Waals surface area contributed by atoms with E-state index in [1.807, 2.05) is 0 Å². The van der Waals surface area contributed by atoms with Crippen LogP contribution in [0.1, 0.15) is 33.3 Å². The minimum atomic E-state index is -9.73. The number of hydrogen-bond acceptors (Lipinski definition) is 2. The first-order chi connectivity index (χ1) is 9.43. The zero-order valence-electron chi connectivity index (χ0n) is 12.9. The second kappa shape index (κ2) is 3.99. The lowest BCUT2D eigenvalue weighted by molar-refractivity contribution is 0.00578. The zero-order valence-corrected chi connectivity index (χ0v) is 13.7. The van der Waals surface area contributed by atoms with E-state index >= 15 is 0 Å². The fraction of sp³-hybridized carbons (Fsp3) is 0.538. The van der Waals surface area contributed by atoms with E-state index in [4.69, 9.17) is 9.31 Å². The van der Waals surface area contributed by atoms with Gasteiger partial charge in [-0.1, -0.05) is 31.1 Å². The fourth-order valence-corrected chi connectivity index (χ4v) is 2.76. The van der Waals surface area contributed by atoms with Crippen molar-refractivity contribution < 1.29 is 28.7 Å². The summed E-state index contributed by atoms with van der Waals surface area (Å²) in [7, 11) is -10.9. The van der Waals surface area contributed by atoms with Crippen LogP contribution >= 0.6 is 10.2 Å². The van der Waals surface area contributed by atoms with E-state index in [1.165, 1.54) is 6.92 Å². The molecule has 0 aliphatic carbocycles. The average Bonchev–Trinajstić information content (AvgIpc) is 2.44. The minimum Gasteiger partial charge on any atom is -0.399 e. The molecular formula is C13H18BF5O2S.